The van der Waals surface area contributed by atoms with Crippen LogP contribution in [0, 0.1) is 5.41 Å². The molecule has 13 heavy (non-hydrogen) atoms. The lowest BCUT2D eigenvalue weighted by molar-refractivity contribution is -0.120. The molecule has 0 aromatic carbocycles. The quantitative estimate of drug-likeness (QED) is 0.716. The van der Waals surface area contributed by atoms with E-state index in [1.165, 1.54) is 0 Å². The molecule has 1 rings (SSSR count). The van der Waals surface area contributed by atoms with Gasteiger partial charge in [0, 0.05) is 12.0 Å². The topological polar surface area (TPSA) is 49.3 Å². The van der Waals surface area contributed by atoms with Gasteiger partial charge in [0.2, 0.25) is 5.91 Å². The molecule has 1 fully saturated rings. The molecule has 1 saturated carbocycles. The summed E-state index contributed by atoms with van der Waals surface area (Å²) >= 11 is 3.28. The van der Waals surface area contributed by atoms with Gasteiger partial charge in [0.15, 0.2) is 0 Å². The third kappa shape index (κ3) is 2.95. The van der Waals surface area contributed by atoms with Crippen LogP contribution in [0.25, 0.3) is 0 Å². The fourth-order valence-electron chi connectivity index (χ4n) is 1.14. The molecule has 0 heterocycles. The van der Waals surface area contributed by atoms with Crippen molar-refractivity contribution in [2.24, 2.45) is 5.41 Å². The minimum atomic E-state index is -0.0954. The van der Waals surface area contributed by atoms with E-state index < -0.39 is 0 Å². The van der Waals surface area contributed by atoms with Gasteiger partial charge < -0.3 is 10.4 Å². The molecule has 0 saturated heterocycles. The van der Waals surface area contributed by atoms with E-state index in [4.69, 9.17) is 5.11 Å². The Morgan fingerprint density at radius 3 is 2.69 bits per heavy atom. The molecule has 1 unspecified atom stereocenters. The van der Waals surface area contributed by atoms with Crippen LogP contribution >= 0.6 is 15.9 Å². The van der Waals surface area contributed by atoms with Crippen molar-refractivity contribution >= 4 is 21.8 Å². The van der Waals surface area contributed by atoms with Crippen LogP contribution in [0.1, 0.15) is 26.2 Å². The van der Waals surface area contributed by atoms with Gasteiger partial charge in [-0.25, -0.2) is 0 Å². The number of nitrogens with one attached hydrogen (secondary N) is 1. The van der Waals surface area contributed by atoms with Crippen LogP contribution in [-0.4, -0.2) is 29.0 Å². The fourth-order valence-corrected chi connectivity index (χ4v) is 1.30. The zero-order valence-corrected chi connectivity index (χ0v) is 9.43. The molecule has 1 atom stereocenters. The first-order valence-electron chi connectivity index (χ1n) is 4.66. The molecule has 3 nitrogen and oxygen atoms in total. The second-order valence-electron chi connectivity index (χ2n) is 3.75. The van der Waals surface area contributed by atoms with Gasteiger partial charge in [-0.2, -0.15) is 0 Å². The third-order valence-electron chi connectivity index (χ3n) is 2.57. The summed E-state index contributed by atoms with van der Waals surface area (Å²) in [4.78, 5) is 11.2. The third-order valence-corrected chi connectivity index (χ3v) is 3.64. The molecule has 0 aromatic rings. The Morgan fingerprint density at radius 1 is 1.69 bits per heavy atom. The first-order chi connectivity index (χ1) is 6.13. The Hall–Kier alpha value is -0.0900. The zero-order valence-electron chi connectivity index (χ0n) is 7.85. The van der Waals surface area contributed by atoms with E-state index in [1.807, 2.05) is 6.92 Å². The second kappa shape index (κ2) is 4.42. The van der Waals surface area contributed by atoms with Crippen LogP contribution in [0.5, 0.6) is 0 Å². The van der Waals surface area contributed by atoms with Crippen LogP contribution in [0.4, 0.5) is 0 Å². The molecule has 0 bridgehead atoms. The maximum Gasteiger partial charge on any atom is 0.233 e. The summed E-state index contributed by atoms with van der Waals surface area (Å²) < 4.78 is 0. The van der Waals surface area contributed by atoms with Crippen LogP contribution < -0.4 is 5.32 Å². The molecule has 0 spiro atoms. The van der Waals surface area contributed by atoms with Crippen molar-refractivity contribution in [3.8, 4) is 0 Å². The van der Waals surface area contributed by atoms with Crippen molar-refractivity contribution in [2.45, 2.75) is 31.0 Å². The van der Waals surface area contributed by atoms with Crippen molar-refractivity contribution < 1.29 is 9.90 Å². The van der Waals surface area contributed by atoms with E-state index in [-0.39, 0.29) is 22.8 Å². The number of halogens is 1. The first-order valence-corrected chi connectivity index (χ1v) is 5.58. The SMILES string of the molecule is CCC(Br)C(=O)NCC1(CO)CC1. The van der Waals surface area contributed by atoms with Crippen LogP contribution in [0.15, 0.2) is 0 Å². The molecule has 0 aliphatic heterocycles. The number of carbonyl (C=O) groups excluding carboxylic acids is 1. The van der Waals surface area contributed by atoms with Gasteiger partial charge in [-0.05, 0) is 19.3 Å². The molecule has 4 heteroatoms. The highest BCUT2D eigenvalue weighted by Crippen LogP contribution is 2.44. The Kier molecular flexibility index (Phi) is 3.74. The predicted molar refractivity (Wildman–Crippen MR) is 54.8 cm³/mol. The van der Waals surface area contributed by atoms with Gasteiger partial charge in [-0.3, -0.25) is 4.79 Å². The number of rotatable bonds is 5. The maximum absolute atomic E-state index is 11.3. The maximum atomic E-state index is 11.3. The number of carbonyl (C=O) groups is 1. The smallest absolute Gasteiger partial charge is 0.233 e. The Balaban J connectivity index is 2.22. The number of hydrogen-bond acceptors (Lipinski definition) is 2. The van der Waals surface area contributed by atoms with E-state index in [1.54, 1.807) is 0 Å². The highest BCUT2D eigenvalue weighted by Gasteiger charge is 2.42. The van der Waals surface area contributed by atoms with Gasteiger partial charge in [-0.1, -0.05) is 22.9 Å². The first kappa shape index (κ1) is 11.0. The largest absolute Gasteiger partial charge is 0.396 e. The average molecular weight is 250 g/mol. The lowest BCUT2D eigenvalue weighted by Gasteiger charge is -2.14. The average Bonchev–Trinajstić information content (AvgIpc) is 2.93. The standard InChI is InChI=1S/C9H16BrNO2/c1-2-7(10)8(13)11-5-9(6-12)3-4-9/h7,12H,2-6H2,1H3,(H,11,13). The van der Waals surface area contributed by atoms with Gasteiger partial charge in [0.25, 0.3) is 0 Å². The summed E-state index contributed by atoms with van der Waals surface area (Å²) in [6.07, 6.45) is 2.85. The van der Waals surface area contributed by atoms with E-state index >= 15 is 0 Å². The van der Waals surface area contributed by atoms with Crippen molar-refractivity contribution in [1.82, 2.24) is 5.32 Å². The van der Waals surface area contributed by atoms with E-state index in [0.29, 0.717) is 6.54 Å². The molecule has 0 aromatic heterocycles. The zero-order chi connectivity index (χ0) is 9.90. The molecule has 2 N–H and O–H groups in total. The van der Waals surface area contributed by atoms with Gasteiger partial charge >= 0.3 is 0 Å². The number of hydrogen-bond donors (Lipinski definition) is 2. The summed E-state index contributed by atoms with van der Waals surface area (Å²) in [5.74, 6) is 0.0298. The van der Waals surface area contributed by atoms with E-state index in [9.17, 15) is 4.79 Å². The Morgan fingerprint density at radius 2 is 2.31 bits per heavy atom. The van der Waals surface area contributed by atoms with Crippen molar-refractivity contribution in [3.05, 3.63) is 0 Å². The number of aliphatic hydroxyl groups is 1. The normalized spacial score (nSPS) is 20.8. The molecular weight excluding hydrogens is 234 g/mol. The summed E-state index contributed by atoms with van der Waals surface area (Å²) in [6.45, 7) is 2.76. The minimum Gasteiger partial charge on any atom is -0.396 e. The summed E-state index contributed by atoms with van der Waals surface area (Å²) in [5, 5.41) is 11.8. The lowest BCUT2D eigenvalue weighted by Crippen LogP contribution is -2.36. The van der Waals surface area contributed by atoms with E-state index in [2.05, 4.69) is 21.2 Å². The fraction of sp³-hybridized carbons (Fsp3) is 0.889. The van der Waals surface area contributed by atoms with Crippen molar-refractivity contribution in [3.63, 3.8) is 0 Å². The number of aliphatic hydroxyl groups excluding tert-OH is 1. The molecule has 1 aliphatic rings. The van der Waals surface area contributed by atoms with Crippen LogP contribution in [0.2, 0.25) is 0 Å². The molecule has 1 aliphatic carbocycles. The summed E-state index contributed by atoms with van der Waals surface area (Å²) in [7, 11) is 0. The summed E-state index contributed by atoms with van der Waals surface area (Å²) in [5.41, 5.74) is 0.0100. The highest BCUT2D eigenvalue weighted by atomic mass is 79.9. The monoisotopic (exact) mass is 249 g/mol. The molecule has 76 valence electrons. The summed E-state index contributed by atoms with van der Waals surface area (Å²) in [6, 6.07) is 0. The second-order valence-corrected chi connectivity index (χ2v) is 4.86. The molecule has 1 amide bonds. The number of alkyl halides is 1. The van der Waals surface area contributed by atoms with Crippen LogP contribution in [0.3, 0.4) is 0 Å². The van der Waals surface area contributed by atoms with Crippen molar-refractivity contribution in [2.75, 3.05) is 13.2 Å². The Bertz CT molecular complexity index is 192. The van der Waals surface area contributed by atoms with Crippen LogP contribution in [-0.2, 0) is 4.79 Å². The Labute approximate surface area is 87.0 Å². The molecule has 0 radical (unpaired) electrons. The predicted octanol–water partition coefficient (Wildman–Crippen LogP) is 1.05. The minimum absolute atomic E-state index is 0.0100. The number of amides is 1. The van der Waals surface area contributed by atoms with Gasteiger partial charge in [0.1, 0.15) is 0 Å². The van der Waals surface area contributed by atoms with Crippen molar-refractivity contribution in [1.29, 1.82) is 0 Å². The lowest BCUT2D eigenvalue weighted by atomic mass is 10.1. The van der Waals surface area contributed by atoms with Gasteiger partial charge in [0.05, 0.1) is 11.4 Å². The van der Waals surface area contributed by atoms with Gasteiger partial charge in [-0.15, -0.1) is 0 Å². The highest BCUT2D eigenvalue weighted by molar-refractivity contribution is 9.10. The molecular formula is C9H16BrNO2. The van der Waals surface area contributed by atoms with E-state index in [0.717, 1.165) is 19.3 Å².